The van der Waals surface area contributed by atoms with Crippen LogP contribution in [0.15, 0.2) is 30.3 Å². The Bertz CT molecular complexity index is 473. The van der Waals surface area contributed by atoms with E-state index >= 15 is 0 Å². The Morgan fingerprint density at radius 2 is 1.90 bits per heavy atom. The zero-order chi connectivity index (χ0) is 14.7. The Morgan fingerprint density at radius 1 is 1.14 bits per heavy atom. The van der Waals surface area contributed by atoms with Gasteiger partial charge in [0.05, 0.1) is 6.10 Å². The van der Waals surface area contributed by atoms with E-state index in [1.165, 1.54) is 12.0 Å². The fraction of sp³-hybridized carbons (Fsp3) is 0.588. The minimum Gasteiger partial charge on any atom is -0.390 e. The van der Waals surface area contributed by atoms with Crippen LogP contribution in [0.4, 0.5) is 0 Å². The molecular weight excluding hydrogens is 264 g/mol. The summed E-state index contributed by atoms with van der Waals surface area (Å²) in [5, 5.41) is 10.2. The molecule has 0 radical (unpaired) electrons. The van der Waals surface area contributed by atoms with Crippen LogP contribution in [-0.4, -0.2) is 53.1 Å². The first-order chi connectivity index (χ1) is 10.2. The maximum absolute atomic E-state index is 12.3. The Kier molecular flexibility index (Phi) is 4.56. The smallest absolute Gasteiger partial charge is 0.225 e. The molecule has 2 fully saturated rings. The molecule has 1 aliphatic heterocycles. The average molecular weight is 288 g/mol. The van der Waals surface area contributed by atoms with Crippen molar-refractivity contribution in [3.63, 3.8) is 0 Å². The molecule has 1 aliphatic carbocycles. The highest BCUT2D eigenvalue weighted by molar-refractivity contribution is 5.79. The second-order valence-electron chi connectivity index (χ2n) is 6.29. The number of rotatable bonds is 3. The molecule has 21 heavy (non-hydrogen) atoms. The lowest BCUT2D eigenvalue weighted by Gasteiger charge is -2.31. The van der Waals surface area contributed by atoms with Crippen LogP contribution in [-0.2, 0) is 11.3 Å². The van der Waals surface area contributed by atoms with Crippen LogP contribution in [0.3, 0.4) is 0 Å². The number of aliphatic hydroxyl groups is 1. The van der Waals surface area contributed by atoms with Gasteiger partial charge >= 0.3 is 0 Å². The molecule has 1 heterocycles. The minimum atomic E-state index is -0.444. The molecule has 1 aromatic carbocycles. The first kappa shape index (κ1) is 14.5. The molecule has 3 rings (SSSR count). The largest absolute Gasteiger partial charge is 0.390 e. The van der Waals surface area contributed by atoms with E-state index in [1.807, 2.05) is 23.1 Å². The first-order valence-corrected chi connectivity index (χ1v) is 7.95. The Hall–Kier alpha value is -1.39. The molecule has 1 aromatic rings. The number of aliphatic hydroxyl groups excluding tert-OH is 1. The van der Waals surface area contributed by atoms with Gasteiger partial charge in [-0.15, -0.1) is 0 Å². The third-order valence-electron chi connectivity index (χ3n) is 4.60. The van der Waals surface area contributed by atoms with Gasteiger partial charge in [0.1, 0.15) is 0 Å². The van der Waals surface area contributed by atoms with E-state index in [2.05, 4.69) is 17.0 Å². The number of β-amino-alcohol motifs (C(OH)–C–C–N with tert-alkyl or cyclic N) is 1. The summed E-state index contributed by atoms with van der Waals surface area (Å²) in [7, 11) is 0. The van der Waals surface area contributed by atoms with Crippen LogP contribution >= 0.6 is 0 Å². The summed E-state index contributed by atoms with van der Waals surface area (Å²) in [6.07, 6.45) is 2.78. The summed E-state index contributed by atoms with van der Waals surface area (Å²) in [6, 6.07) is 10.3. The summed E-state index contributed by atoms with van der Waals surface area (Å²) in [5.74, 6) is 0.472. The molecule has 4 heteroatoms. The monoisotopic (exact) mass is 288 g/mol. The average Bonchev–Trinajstić information content (AvgIpc) is 2.59. The van der Waals surface area contributed by atoms with Gasteiger partial charge in [-0.2, -0.15) is 0 Å². The molecule has 0 bridgehead atoms. The Morgan fingerprint density at radius 3 is 2.57 bits per heavy atom. The number of nitrogens with zero attached hydrogens (tertiary/aromatic N) is 2. The standard InChI is InChI=1S/C17H24N2O2/c20-16-12-18(11-14-5-2-1-3-6-14)9-10-19(13-16)17(21)15-7-4-8-15/h1-3,5-6,15-16,20H,4,7-13H2/t16-/m1/s1. The second-order valence-corrected chi connectivity index (χ2v) is 6.29. The molecule has 0 aromatic heterocycles. The van der Waals surface area contributed by atoms with E-state index < -0.39 is 6.10 Å². The maximum Gasteiger partial charge on any atom is 0.225 e. The van der Waals surface area contributed by atoms with Crippen LogP contribution in [0.25, 0.3) is 0 Å². The van der Waals surface area contributed by atoms with Gasteiger partial charge in [-0.25, -0.2) is 0 Å². The molecule has 0 spiro atoms. The van der Waals surface area contributed by atoms with Crippen molar-refractivity contribution in [2.75, 3.05) is 26.2 Å². The first-order valence-electron chi connectivity index (χ1n) is 7.95. The van der Waals surface area contributed by atoms with Gasteiger partial charge in [-0.05, 0) is 18.4 Å². The van der Waals surface area contributed by atoms with Gasteiger partial charge in [0.2, 0.25) is 5.91 Å². The number of carbonyl (C=O) groups excluding carboxylic acids is 1. The molecule has 4 nitrogen and oxygen atoms in total. The van der Waals surface area contributed by atoms with Crippen LogP contribution in [0.2, 0.25) is 0 Å². The van der Waals surface area contributed by atoms with Crippen LogP contribution in [0.5, 0.6) is 0 Å². The van der Waals surface area contributed by atoms with Crippen molar-refractivity contribution < 1.29 is 9.90 Å². The minimum absolute atomic E-state index is 0.220. The van der Waals surface area contributed by atoms with Gasteiger partial charge in [0, 0.05) is 38.6 Å². The van der Waals surface area contributed by atoms with E-state index in [4.69, 9.17) is 0 Å². The molecule has 1 N–H and O–H groups in total. The predicted molar refractivity (Wildman–Crippen MR) is 81.6 cm³/mol. The normalized spacial score (nSPS) is 24.4. The van der Waals surface area contributed by atoms with E-state index in [-0.39, 0.29) is 11.8 Å². The van der Waals surface area contributed by atoms with Crippen molar-refractivity contribution in [1.29, 1.82) is 0 Å². The predicted octanol–water partition coefficient (Wildman–Crippen LogP) is 1.49. The summed E-state index contributed by atoms with van der Waals surface area (Å²) in [6.45, 7) is 3.54. The maximum atomic E-state index is 12.3. The van der Waals surface area contributed by atoms with E-state index in [1.54, 1.807) is 0 Å². The summed E-state index contributed by atoms with van der Waals surface area (Å²) in [4.78, 5) is 16.5. The van der Waals surface area contributed by atoms with Crippen molar-refractivity contribution in [2.45, 2.75) is 31.9 Å². The van der Waals surface area contributed by atoms with E-state index in [0.717, 1.165) is 32.5 Å². The lowest BCUT2D eigenvalue weighted by atomic mass is 9.84. The zero-order valence-corrected chi connectivity index (χ0v) is 12.4. The van der Waals surface area contributed by atoms with Gasteiger partial charge in [0.15, 0.2) is 0 Å². The van der Waals surface area contributed by atoms with Crippen molar-refractivity contribution in [3.05, 3.63) is 35.9 Å². The lowest BCUT2D eigenvalue weighted by molar-refractivity contribution is -0.139. The van der Waals surface area contributed by atoms with Crippen molar-refractivity contribution >= 4 is 5.91 Å². The zero-order valence-electron chi connectivity index (χ0n) is 12.4. The van der Waals surface area contributed by atoms with Crippen LogP contribution < -0.4 is 0 Å². The van der Waals surface area contributed by atoms with Crippen LogP contribution in [0, 0.1) is 5.92 Å². The third-order valence-corrected chi connectivity index (χ3v) is 4.60. The number of amides is 1. The number of hydrogen-bond donors (Lipinski definition) is 1. The molecule has 1 saturated carbocycles. The number of hydrogen-bond acceptors (Lipinski definition) is 3. The number of benzene rings is 1. The SMILES string of the molecule is O=C(C1CCC1)N1CCN(Cc2ccccc2)C[C@@H](O)C1. The van der Waals surface area contributed by atoms with Crippen LogP contribution in [0.1, 0.15) is 24.8 Å². The molecule has 1 amide bonds. The summed E-state index contributed by atoms with van der Waals surface area (Å²) in [5.41, 5.74) is 1.25. The summed E-state index contributed by atoms with van der Waals surface area (Å²) >= 11 is 0. The van der Waals surface area contributed by atoms with E-state index in [0.29, 0.717) is 13.1 Å². The highest BCUT2D eigenvalue weighted by Gasteiger charge is 2.32. The molecule has 1 saturated heterocycles. The number of carbonyl (C=O) groups is 1. The Balaban J connectivity index is 1.58. The van der Waals surface area contributed by atoms with Gasteiger partial charge in [-0.1, -0.05) is 36.8 Å². The topological polar surface area (TPSA) is 43.8 Å². The van der Waals surface area contributed by atoms with E-state index in [9.17, 15) is 9.90 Å². The van der Waals surface area contributed by atoms with Crippen molar-refractivity contribution in [1.82, 2.24) is 9.80 Å². The Labute approximate surface area is 126 Å². The second kappa shape index (κ2) is 6.58. The van der Waals surface area contributed by atoms with Gasteiger partial charge < -0.3 is 10.0 Å². The quantitative estimate of drug-likeness (QED) is 0.916. The third kappa shape index (κ3) is 3.63. The highest BCUT2D eigenvalue weighted by Crippen LogP contribution is 2.28. The van der Waals surface area contributed by atoms with Gasteiger partial charge in [-0.3, -0.25) is 9.69 Å². The van der Waals surface area contributed by atoms with Crippen molar-refractivity contribution in [3.8, 4) is 0 Å². The fourth-order valence-electron chi connectivity index (χ4n) is 3.15. The van der Waals surface area contributed by atoms with Crippen molar-refractivity contribution in [2.24, 2.45) is 5.92 Å². The molecule has 0 unspecified atom stereocenters. The molecular formula is C17H24N2O2. The lowest BCUT2D eigenvalue weighted by Crippen LogP contribution is -2.43. The molecule has 2 aliphatic rings. The highest BCUT2D eigenvalue weighted by atomic mass is 16.3. The molecule has 1 atom stereocenters. The van der Waals surface area contributed by atoms with Gasteiger partial charge in [0.25, 0.3) is 0 Å². The summed E-state index contributed by atoms with van der Waals surface area (Å²) < 4.78 is 0. The fourth-order valence-corrected chi connectivity index (χ4v) is 3.15. The molecule has 114 valence electrons.